The first-order chi connectivity index (χ1) is 6.64. The van der Waals surface area contributed by atoms with Crippen molar-refractivity contribution in [2.45, 2.75) is 30.9 Å². The van der Waals surface area contributed by atoms with Gasteiger partial charge >= 0.3 is 0 Å². The number of hydrogen-bond donors (Lipinski definition) is 0. The molecule has 2 aliphatic rings. The lowest BCUT2D eigenvalue weighted by atomic mass is 10.0. The summed E-state index contributed by atoms with van der Waals surface area (Å²) in [5.41, 5.74) is 0. The molecule has 5 heteroatoms. The van der Waals surface area contributed by atoms with Crippen LogP contribution in [-0.4, -0.2) is 37.3 Å². The van der Waals surface area contributed by atoms with Gasteiger partial charge in [0.15, 0.2) is 0 Å². The normalized spacial score (nSPS) is 26.3. The van der Waals surface area contributed by atoms with Crippen LogP contribution in [0.15, 0.2) is 0 Å². The fourth-order valence-corrected chi connectivity index (χ4v) is 3.72. The minimum absolute atomic E-state index is 0.0700. The second-order valence-corrected chi connectivity index (χ2v) is 6.33. The average Bonchev–Trinajstić information content (AvgIpc) is 3.01. The minimum Gasteiger partial charge on any atom is -0.303 e. The minimum atomic E-state index is -3.00. The van der Waals surface area contributed by atoms with Crippen LogP contribution in [0.5, 0.6) is 0 Å². The molecule has 0 atom stereocenters. The maximum Gasteiger partial charge on any atom is 0.216 e. The van der Waals surface area contributed by atoms with E-state index in [4.69, 9.17) is 0 Å². The smallest absolute Gasteiger partial charge is 0.216 e. The summed E-state index contributed by atoms with van der Waals surface area (Å²) in [7, 11) is -3.00. The maximum atomic E-state index is 11.8. The molecule has 1 heterocycles. The molecule has 0 bridgehead atoms. The van der Waals surface area contributed by atoms with Gasteiger partial charge in [0.1, 0.15) is 6.29 Å². The predicted octanol–water partition coefficient (Wildman–Crippen LogP) is 0.390. The lowest BCUT2D eigenvalue weighted by molar-refractivity contribution is -0.112. The quantitative estimate of drug-likeness (QED) is 0.643. The Kier molecular flexibility index (Phi) is 2.62. The van der Waals surface area contributed by atoms with Crippen molar-refractivity contribution in [3.05, 3.63) is 0 Å². The van der Waals surface area contributed by atoms with Gasteiger partial charge in [0, 0.05) is 19.0 Å². The molecule has 1 saturated carbocycles. The number of aldehydes is 1. The van der Waals surface area contributed by atoms with Crippen LogP contribution in [0.4, 0.5) is 0 Å². The van der Waals surface area contributed by atoms with Gasteiger partial charge < -0.3 is 4.79 Å². The van der Waals surface area contributed by atoms with Gasteiger partial charge in [-0.25, -0.2) is 12.7 Å². The number of piperidine rings is 1. The molecule has 2 fully saturated rings. The van der Waals surface area contributed by atoms with Gasteiger partial charge in [-0.05, 0) is 25.7 Å². The van der Waals surface area contributed by atoms with Crippen LogP contribution in [0.2, 0.25) is 0 Å². The zero-order valence-corrected chi connectivity index (χ0v) is 8.87. The van der Waals surface area contributed by atoms with Gasteiger partial charge in [0.05, 0.1) is 5.25 Å². The molecule has 0 spiro atoms. The molecule has 14 heavy (non-hydrogen) atoms. The molecular weight excluding hydrogens is 202 g/mol. The molecule has 0 N–H and O–H groups in total. The Morgan fingerprint density at radius 3 is 2.07 bits per heavy atom. The Morgan fingerprint density at radius 2 is 1.64 bits per heavy atom. The molecule has 0 unspecified atom stereocenters. The van der Waals surface area contributed by atoms with Crippen molar-refractivity contribution < 1.29 is 13.2 Å². The van der Waals surface area contributed by atoms with Crippen LogP contribution in [-0.2, 0) is 14.8 Å². The lowest BCUT2D eigenvalue weighted by Crippen LogP contribution is -2.40. The molecule has 0 amide bonds. The van der Waals surface area contributed by atoms with Crippen molar-refractivity contribution in [3.8, 4) is 0 Å². The van der Waals surface area contributed by atoms with Crippen LogP contribution in [0.3, 0.4) is 0 Å². The number of sulfonamides is 1. The zero-order valence-electron chi connectivity index (χ0n) is 8.05. The highest BCUT2D eigenvalue weighted by Crippen LogP contribution is 2.32. The highest BCUT2D eigenvalue weighted by molar-refractivity contribution is 7.90. The van der Waals surface area contributed by atoms with Crippen LogP contribution in [0.1, 0.15) is 25.7 Å². The molecule has 0 aromatic rings. The van der Waals surface area contributed by atoms with Crippen molar-refractivity contribution in [2.24, 2.45) is 5.92 Å². The Bertz CT molecular complexity index is 313. The summed E-state index contributed by atoms with van der Waals surface area (Å²) in [5, 5.41) is -0.115. The summed E-state index contributed by atoms with van der Waals surface area (Å²) in [4.78, 5) is 10.5. The molecule has 1 aliphatic heterocycles. The monoisotopic (exact) mass is 217 g/mol. The van der Waals surface area contributed by atoms with Gasteiger partial charge in [0.2, 0.25) is 10.0 Å². The van der Waals surface area contributed by atoms with E-state index in [1.807, 2.05) is 0 Å². The summed E-state index contributed by atoms with van der Waals surface area (Å²) < 4.78 is 25.1. The van der Waals surface area contributed by atoms with Crippen molar-refractivity contribution in [1.82, 2.24) is 4.31 Å². The standard InChI is InChI=1S/C9H15NO3S/c11-7-8-3-5-10(6-4-8)14(12,13)9-1-2-9/h7-9H,1-6H2. The Labute approximate surface area is 84.3 Å². The van der Waals surface area contributed by atoms with Gasteiger partial charge in [-0.1, -0.05) is 0 Å². The van der Waals surface area contributed by atoms with E-state index < -0.39 is 10.0 Å². The van der Waals surface area contributed by atoms with Crippen LogP contribution in [0, 0.1) is 5.92 Å². The van der Waals surface area contributed by atoms with E-state index in [0.717, 1.165) is 19.1 Å². The number of carbonyl (C=O) groups excluding carboxylic acids is 1. The third-order valence-electron chi connectivity index (χ3n) is 3.00. The first-order valence-corrected chi connectivity index (χ1v) is 6.59. The Balaban J connectivity index is 1.97. The van der Waals surface area contributed by atoms with Gasteiger partial charge in [-0.15, -0.1) is 0 Å². The molecule has 1 saturated heterocycles. The number of rotatable bonds is 3. The number of hydrogen-bond acceptors (Lipinski definition) is 3. The van der Waals surface area contributed by atoms with Crippen LogP contribution >= 0.6 is 0 Å². The van der Waals surface area contributed by atoms with E-state index in [1.165, 1.54) is 0 Å². The second-order valence-electron chi connectivity index (χ2n) is 4.12. The van der Waals surface area contributed by atoms with Gasteiger partial charge in [-0.3, -0.25) is 0 Å². The topological polar surface area (TPSA) is 54.5 Å². The van der Waals surface area contributed by atoms with E-state index in [2.05, 4.69) is 0 Å². The average molecular weight is 217 g/mol. The first-order valence-electron chi connectivity index (χ1n) is 5.09. The Hall–Kier alpha value is -0.420. The van der Waals surface area contributed by atoms with Crippen LogP contribution in [0.25, 0.3) is 0 Å². The largest absolute Gasteiger partial charge is 0.303 e. The predicted molar refractivity (Wildman–Crippen MR) is 52.3 cm³/mol. The fraction of sp³-hybridized carbons (Fsp3) is 0.889. The molecule has 0 radical (unpaired) electrons. The van der Waals surface area contributed by atoms with E-state index in [9.17, 15) is 13.2 Å². The molecule has 0 aromatic carbocycles. The first kappa shape index (κ1) is 10.1. The highest BCUT2D eigenvalue weighted by Gasteiger charge is 2.40. The van der Waals surface area contributed by atoms with Crippen LogP contribution < -0.4 is 0 Å². The maximum absolute atomic E-state index is 11.8. The van der Waals surface area contributed by atoms with Crippen molar-refractivity contribution >= 4 is 16.3 Å². The molecular formula is C9H15NO3S. The lowest BCUT2D eigenvalue weighted by Gasteiger charge is -2.28. The van der Waals surface area contributed by atoms with E-state index in [0.29, 0.717) is 25.9 Å². The third kappa shape index (κ3) is 1.83. The summed E-state index contributed by atoms with van der Waals surface area (Å²) in [6.07, 6.45) is 3.96. The van der Waals surface area contributed by atoms with E-state index >= 15 is 0 Å². The Morgan fingerprint density at radius 1 is 1.07 bits per heavy atom. The highest BCUT2D eigenvalue weighted by atomic mass is 32.2. The molecule has 2 rings (SSSR count). The van der Waals surface area contributed by atoms with Crippen molar-refractivity contribution in [1.29, 1.82) is 0 Å². The summed E-state index contributed by atoms with van der Waals surface area (Å²) in [6, 6.07) is 0. The van der Waals surface area contributed by atoms with Gasteiger partial charge in [-0.2, -0.15) is 0 Å². The molecule has 80 valence electrons. The SMILES string of the molecule is O=CC1CCN(S(=O)(=O)C2CC2)CC1. The van der Waals surface area contributed by atoms with Gasteiger partial charge in [0.25, 0.3) is 0 Å². The van der Waals surface area contributed by atoms with Crippen molar-refractivity contribution in [3.63, 3.8) is 0 Å². The summed E-state index contributed by atoms with van der Waals surface area (Å²) in [6.45, 7) is 1.06. The molecule has 1 aliphatic carbocycles. The van der Waals surface area contributed by atoms with Crippen molar-refractivity contribution in [2.75, 3.05) is 13.1 Å². The summed E-state index contributed by atoms with van der Waals surface area (Å²) >= 11 is 0. The summed E-state index contributed by atoms with van der Waals surface area (Å²) in [5.74, 6) is 0.0700. The van der Waals surface area contributed by atoms with E-state index in [-0.39, 0.29) is 11.2 Å². The fourth-order valence-electron chi connectivity index (χ4n) is 1.84. The third-order valence-corrected chi connectivity index (χ3v) is 5.40. The zero-order chi connectivity index (χ0) is 10.2. The second kappa shape index (κ2) is 3.62. The number of nitrogens with zero attached hydrogens (tertiary/aromatic N) is 1. The van der Waals surface area contributed by atoms with E-state index in [1.54, 1.807) is 4.31 Å². The molecule has 4 nitrogen and oxygen atoms in total. The number of carbonyl (C=O) groups is 1. The molecule has 0 aromatic heterocycles.